The van der Waals surface area contributed by atoms with Gasteiger partial charge in [0.1, 0.15) is 0 Å². The molecule has 0 radical (unpaired) electrons. The Bertz CT molecular complexity index is 574. The smallest absolute Gasteiger partial charge is 0.0946 e. The van der Waals surface area contributed by atoms with E-state index in [1.165, 1.54) is 69.1 Å². The Morgan fingerprint density at radius 3 is 2.25 bits per heavy atom. The molecule has 0 N–H and O–H groups in total. The van der Waals surface area contributed by atoms with Crippen molar-refractivity contribution in [2.75, 3.05) is 13.2 Å². The number of nitrogens with zero attached hydrogens (tertiary/aromatic N) is 2. The number of rotatable bonds is 17. The van der Waals surface area contributed by atoms with Gasteiger partial charge >= 0.3 is 0 Å². The van der Waals surface area contributed by atoms with E-state index in [0.29, 0.717) is 5.25 Å². The Hall–Kier alpha value is -1.26. The highest BCUT2D eigenvalue weighted by atomic mass is 32.2. The molecule has 1 atom stereocenters. The van der Waals surface area contributed by atoms with Crippen molar-refractivity contribution < 1.29 is 4.74 Å². The van der Waals surface area contributed by atoms with Crippen LogP contribution in [0.5, 0.6) is 0 Å². The number of imidazole rings is 1. The summed E-state index contributed by atoms with van der Waals surface area (Å²) in [5.41, 5.74) is 0. The van der Waals surface area contributed by atoms with Crippen LogP contribution in [0.3, 0.4) is 0 Å². The third-order valence-corrected chi connectivity index (χ3v) is 6.13. The van der Waals surface area contributed by atoms with Crippen molar-refractivity contribution in [3.8, 4) is 0 Å². The number of hydrogen-bond acceptors (Lipinski definition) is 3. The molecule has 2 aromatic rings. The topological polar surface area (TPSA) is 27.1 Å². The Morgan fingerprint density at radius 2 is 1.61 bits per heavy atom. The predicted octanol–water partition coefficient (Wildman–Crippen LogP) is 6.98. The summed E-state index contributed by atoms with van der Waals surface area (Å²) in [6.07, 6.45) is 19.4. The maximum atomic E-state index is 6.03. The number of ether oxygens (including phenoxy) is 1. The first kappa shape index (κ1) is 23.0. The molecule has 156 valence electrons. The normalized spacial score (nSPS) is 12.3. The summed E-state index contributed by atoms with van der Waals surface area (Å²) >= 11 is 1.90. The van der Waals surface area contributed by atoms with Gasteiger partial charge in [0.15, 0.2) is 0 Å². The maximum Gasteiger partial charge on any atom is 0.0946 e. The Labute approximate surface area is 176 Å². The van der Waals surface area contributed by atoms with Crippen LogP contribution in [0, 0.1) is 0 Å². The maximum absolute atomic E-state index is 6.03. The van der Waals surface area contributed by atoms with Gasteiger partial charge < -0.3 is 9.30 Å². The zero-order valence-corrected chi connectivity index (χ0v) is 18.4. The largest absolute Gasteiger partial charge is 0.380 e. The standard InChI is InChI=1S/C24H38N2OS/c1-2-3-4-5-6-7-8-9-10-14-19-27-21-24(20-26-18-17-25-22-26)28-23-15-12-11-13-16-23/h11-13,15-18,22,24H,2-10,14,19-21H2,1H3. The zero-order chi connectivity index (χ0) is 19.7. The van der Waals surface area contributed by atoms with Gasteiger partial charge in [0.2, 0.25) is 0 Å². The molecular formula is C24H38N2OS. The molecule has 1 heterocycles. The second kappa shape index (κ2) is 15.6. The van der Waals surface area contributed by atoms with Crippen LogP contribution < -0.4 is 0 Å². The summed E-state index contributed by atoms with van der Waals surface area (Å²) in [5.74, 6) is 0. The van der Waals surface area contributed by atoms with Crippen molar-refractivity contribution in [2.24, 2.45) is 0 Å². The molecule has 28 heavy (non-hydrogen) atoms. The first-order valence-corrected chi connectivity index (χ1v) is 12.0. The lowest BCUT2D eigenvalue weighted by molar-refractivity contribution is 0.128. The van der Waals surface area contributed by atoms with Crippen molar-refractivity contribution in [1.82, 2.24) is 9.55 Å². The van der Waals surface area contributed by atoms with Crippen molar-refractivity contribution in [3.05, 3.63) is 49.1 Å². The van der Waals surface area contributed by atoms with Gasteiger partial charge in [-0.1, -0.05) is 82.9 Å². The molecule has 0 amide bonds. The number of unbranched alkanes of at least 4 members (excludes halogenated alkanes) is 9. The van der Waals surface area contributed by atoms with Gasteiger partial charge in [-0.2, -0.15) is 0 Å². The predicted molar refractivity (Wildman–Crippen MR) is 121 cm³/mol. The zero-order valence-electron chi connectivity index (χ0n) is 17.6. The number of hydrogen-bond donors (Lipinski definition) is 0. The lowest BCUT2D eigenvalue weighted by Crippen LogP contribution is -2.19. The molecule has 3 nitrogen and oxygen atoms in total. The fourth-order valence-electron chi connectivity index (χ4n) is 3.35. The molecule has 4 heteroatoms. The van der Waals surface area contributed by atoms with Crippen molar-refractivity contribution in [2.45, 2.75) is 87.8 Å². The van der Waals surface area contributed by atoms with Crippen LogP contribution in [-0.4, -0.2) is 28.0 Å². The van der Waals surface area contributed by atoms with Gasteiger partial charge in [0.05, 0.1) is 18.2 Å². The van der Waals surface area contributed by atoms with E-state index in [1.807, 2.05) is 30.5 Å². The Kier molecular flexibility index (Phi) is 12.9. The van der Waals surface area contributed by atoms with Crippen LogP contribution >= 0.6 is 11.8 Å². The van der Waals surface area contributed by atoms with Gasteiger partial charge in [-0.05, 0) is 18.6 Å². The van der Waals surface area contributed by atoms with Crippen molar-refractivity contribution >= 4 is 11.8 Å². The summed E-state index contributed by atoms with van der Waals surface area (Å²) in [5, 5.41) is 0.403. The van der Waals surface area contributed by atoms with Crippen molar-refractivity contribution in [3.63, 3.8) is 0 Å². The van der Waals surface area contributed by atoms with E-state index in [9.17, 15) is 0 Å². The van der Waals surface area contributed by atoms with Gasteiger partial charge in [-0.15, -0.1) is 11.8 Å². The lowest BCUT2D eigenvalue weighted by Gasteiger charge is -2.17. The van der Waals surface area contributed by atoms with Crippen LogP contribution in [0.4, 0.5) is 0 Å². The van der Waals surface area contributed by atoms with Gasteiger partial charge in [-0.25, -0.2) is 4.98 Å². The third-order valence-electron chi connectivity index (χ3n) is 4.97. The van der Waals surface area contributed by atoms with E-state index < -0.39 is 0 Å². The van der Waals surface area contributed by atoms with E-state index in [1.54, 1.807) is 0 Å². The highest BCUT2D eigenvalue weighted by Crippen LogP contribution is 2.24. The minimum atomic E-state index is 0.403. The average molecular weight is 403 g/mol. The molecule has 1 aromatic carbocycles. The monoisotopic (exact) mass is 402 g/mol. The highest BCUT2D eigenvalue weighted by Gasteiger charge is 2.12. The van der Waals surface area contributed by atoms with Crippen LogP contribution in [0.2, 0.25) is 0 Å². The Balaban J connectivity index is 1.54. The minimum absolute atomic E-state index is 0.403. The SMILES string of the molecule is CCCCCCCCCCCCOCC(Cn1ccnc1)Sc1ccccc1. The summed E-state index contributed by atoms with van der Waals surface area (Å²) < 4.78 is 8.18. The van der Waals surface area contributed by atoms with E-state index in [2.05, 4.69) is 46.8 Å². The molecule has 0 saturated carbocycles. The fourth-order valence-corrected chi connectivity index (χ4v) is 4.46. The van der Waals surface area contributed by atoms with Gasteiger partial charge in [-0.3, -0.25) is 0 Å². The molecule has 0 bridgehead atoms. The van der Waals surface area contributed by atoms with Crippen molar-refractivity contribution in [1.29, 1.82) is 0 Å². The molecule has 2 rings (SSSR count). The quantitative estimate of drug-likeness (QED) is 0.211. The van der Waals surface area contributed by atoms with E-state index in [4.69, 9.17) is 4.74 Å². The molecule has 0 aliphatic carbocycles. The van der Waals surface area contributed by atoms with E-state index in [0.717, 1.165) is 19.8 Å². The third kappa shape index (κ3) is 10.9. The number of thioether (sulfide) groups is 1. The first-order chi connectivity index (χ1) is 13.9. The Morgan fingerprint density at radius 1 is 0.929 bits per heavy atom. The van der Waals surface area contributed by atoms with Crippen LogP contribution in [0.25, 0.3) is 0 Å². The summed E-state index contributed by atoms with van der Waals surface area (Å²) in [4.78, 5) is 5.46. The number of aromatic nitrogens is 2. The molecule has 0 aliphatic heterocycles. The minimum Gasteiger partial charge on any atom is -0.380 e. The number of benzene rings is 1. The molecule has 1 unspecified atom stereocenters. The molecule has 0 fully saturated rings. The van der Waals surface area contributed by atoms with Crippen LogP contribution in [-0.2, 0) is 11.3 Å². The summed E-state index contributed by atoms with van der Waals surface area (Å²) in [7, 11) is 0. The summed E-state index contributed by atoms with van der Waals surface area (Å²) in [6.45, 7) is 4.88. The fraction of sp³-hybridized carbons (Fsp3) is 0.625. The van der Waals surface area contributed by atoms with E-state index in [-0.39, 0.29) is 0 Å². The molecular weight excluding hydrogens is 364 g/mol. The second-order valence-electron chi connectivity index (χ2n) is 7.57. The molecule has 1 aromatic heterocycles. The van der Waals surface area contributed by atoms with Gasteiger partial charge in [0, 0.05) is 30.4 Å². The second-order valence-corrected chi connectivity index (χ2v) is 8.94. The molecule has 0 spiro atoms. The van der Waals surface area contributed by atoms with E-state index >= 15 is 0 Å². The molecule has 0 saturated heterocycles. The summed E-state index contributed by atoms with van der Waals surface area (Å²) in [6, 6.07) is 10.6. The van der Waals surface area contributed by atoms with Crippen LogP contribution in [0.15, 0.2) is 53.9 Å². The first-order valence-electron chi connectivity index (χ1n) is 11.1. The van der Waals surface area contributed by atoms with Gasteiger partial charge in [0.25, 0.3) is 0 Å². The molecule has 0 aliphatic rings. The van der Waals surface area contributed by atoms with Crippen LogP contribution in [0.1, 0.15) is 71.1 Å². The average Bonchev–Trinajstić information content (AvgIpc) is 3.22. The highest BCUT2D eigenvalue weighted by molar-refractivity contribution is 8.00. The lowest BCUT2D eigenvalue weighted by atomic mass is 10.1.